The van der Waals surface area contributed by atoms with Crippen molar-refractivity contribution in [2.75, 3.05) is 26.2 Å². The molecule has 2 amide bonds. The Labute approximate surface area is 172 Å². The maximum Gasteiger partial charge on any atom is 0.251 e. The van der Waals surface area contributed by atoms with Gasteiger partial charge in [-0.3, -0.25) is 9.59 Å². The number of likely N-dealkylation sites (tertiary alicyclic amines) is 1. The quantitative estimate of drug-likeness (QED) is 0.823. The summed E-state index contributed by atoms with van der Waals surface area (Å²) in [7, 11) is 0. The summed E-state index contributed by atoms with van der Waals surface area (Å²) in [6, 6.07) is 18.6. The minimum atomic E-state index is -0.333. The molecule has 5 nitrogen and oxygen atoms in total. The van der Waals surface area contributed by atoms with Crippen LogP contribution in [0.3, 0.4) is 0 Å². The van der Waals surface area contributed by atoms with E-state index in [0.29, 0.717) is 11.0 Å². The number of hydrogen-bond donors (Lipinski definition) is 2. The molecular formula is C24H29N3O2. The van der Waals surface area contributed by atoms with Crippen LogP contribution in [0.2, 0.25) is 0 Å². The van der Waals surface area contributed by atoms with Gasteiger partial charge >= 0.3 is 0 Å². The lowest BCUT2D eigenvalue weighted by Gasteiger charge is -2.39. The lowest BCUT2D eigenvalue weighted by atomic mass is 9.78. The SMILES string of the molecule is O=C(NC(CC(=O)N1CCC2(CCNC2)CC1)c1ccccc1)c1ccccc1. The van der Waals surface area contributed by atoms with E-state index in [4.69, 9.17) is 0 Å². The third-order valence-electron chi connectivity index (χ3n) is 6.43. The van der Waals surface area contributed by atoms with E-state index in [1.807, 2.05) is 53.4 Å². The van der Waals surface area contributed by atoms with Crippen LogP contribution in [0.1, 0.15) is 47.6 Å². The molecule has 2 saturated heterocycles. The molecule has 0 aliphatic carbocycles. The Bertz CT molecular complexity index is 822. The highest BCUT2D eigenvalue weighted by Gasteiger charge is 2.38. The van der Waals surface area contributed by atoms with Crippen molar-refractivity contribution >= 4 is 11.8 Å². The van der Waals surface area contributed by atoms with E-state index in [2.05, 4.69) is 10.6 Å². The first-order chi connectivity index (χ1) is 14.2. The van der Waals surface area contributed by atoms with Gasteiger partial charge in [-0.05, 0) is 48.9 Å². The molecule has 1 spiro atoms. The number of carbonyl (C=O) groups excluding carboxylic acids is 2. The molecule has 1 atom stereocenters. The summed E-state index contributed by atoms with van der Waals surface area (Å²) >= 11 is 0. The van der Waals surface area contributed by atoms with Crippen molar-refractivity contribution in [3.05, 3.63) is 71.8 Å². The minimum absolute atomic E-state index is 0.119. The molecule has 2 N–H and O–H groups in total. The van der Waals surface area contributed by atoms with Gasteiger partial charge in [0.05, 0.1) is 12.5 Å². The van der Waals surface area contributed by atoms with Crippen molar-refractivity contribution in [1.82, 2.24) is 15.5 Å². The van der Waals surface area contributed by atoms with Gasteiger partial charge in [-0.1, -0.05) is 48.5 Å². The van der Waals surface area contributed by atoms with Gasteiger partial charge in [-0.2, -0.15) is 0 Å². The number of piperidine rings is 1. The number of benzene rings is 2. The zero-order chi connectivity index (χ0) is 20.1. The first-order valence-electron chi connectivity index (χ1n) is 10.5. The smallest absolute Gasteiger partial charge is 0.251 e. The molecule has 5 heteroatoms. The Morgan fingerprint density at radius 2 is 1.62 bits per heavy atom. The Hall–Kier alpha value is -2.66. The van der Waals surface area contributed by atoms with E-state index >= 15 is 0 Å². The number of nitrogens with one attached hydrogen (secondary N) is 2. The molecule has 2 heterocycles. The van der Waals surface area contributed by atoms with Crippen molar-refractivity contribution in [2.45, 2.75) is 31.7 Å². The molecule has 2 fully saturated rings. The molecule has 2 aliphatic heterocycles. The van der Waals surface area contributed by atoms with Crippen LogP contribution in [0.15, 0.2) is 60.7 Å². The van der Waals surface area contributed by atoms with E-state index in [1.165, 1.54) is 6.42 Å². The van der Waals surface area contributed by atoms with Gasteiger partial charge in [-0.25, -0.2) is 0 Å². The summed E-state index contributed by atoms with van der Waals surface area (Å²) in [5, 5.41) is 6.54. The average molecular weight is 392 g/mol. The molecular weight excluding hydrogens is 362 g/mol. The van der Waals surface area contributed by atoms with Gasteiger partial charge in [0.1, 0.15) is 0 Å². The van der Waals surface area contributed by atoms with Crippen molar-refractivity contribution in [3.63, 3.8) is 0 Å². The zero-order valence-corrected chi connectivity index (χ0v) is 16.8. The molecule has 2 aromatic carbocycles. The molecule has 2 aliphatic rings. The standard InChI is InChI=1S/C24H29N3O2/c28-22(27-15-12-24(13-16-27)11-14-25-18-24)17-21(19-7-3-1-4-8-19)26-23(29)20-9-5-2-6-10-20/h1-10,21,25H,11-18H2,(H,26,29). The number of carbonyl (C=O) groups is 2. The van der Waals surface area contributed by atoms with Crippen LogP contribution in [0.25, 0.3) is 0 Å². The van der Waals surface area contributed by atoms with Gasteiger partial charge in [0.2, 0.25) is 5.91 Å². The second-order valence-corrected chi connectivity index (χ2v) is 8.31. The maximum atomic E-state index is 13.1. The number of hydrogen-bond acceptors (Lipinski definition) is 3. The predicted molar refractivity (Wildman–Crippen MR) is 113 cm³/mol. The highest BCUT2D eigenvalue weighted by Crippen LogP contribution is 2.37. The summed E-state index contributed by atoms with van der Waals surface area (Å²) in [4.78, 5) is 27.8. The van der Waals surface area contributed by atoms with Crippen molar-refractivity contribution in [3.8, 4) is 0 Å². The second-order valence-electron chi connectivity index (χ2n) is 8.31. The van der Waals surface area contributed by atoms with E-state index in [1.54, 1.807) is 12.1 Å². The average Bonchev–Trinajstić information content (AvgIpc) is 3.22. The van der Waals surface area contributed by atoms with Crippen molar-refractivity contribution in [2.24, 2.45) is 5.41 Å². The summed E-state index contributed by atoms with van der Waals surface area (Å²) in [5.74, 6) is -0.0325. The third kappa shape index (κ3) is 4.67. The monoisotopic (exact) mass is 391 g/mol. The van der Waals surface area contributed by atoms with Crippen LogP contribution in [-0.4, -0.2) is 42.9 Å². The van der Waals surface area contributed by atoms with E-state index in [0.717, 1.165) is 44.6 Å². The molecule has 152 valence electrons. The van der Waals surface area contributed by atoms with Gasteiger partial charge < -0.3 is 15.5 Å². The highest BCUT2D eigenvalue weighted by molar-refractivity contribution is 5.94. The number of rotatable bonds is 5. The Morgan fingerprint density at radius 1 is 0.966 bits per heavy atom. The normalized spacial score (nSPS) is 19.1. The molecule has 0 saturated carbocycles. The van der Waals surface area contributed by atoms with E-state index in [-0.39, 0.29) is 24.3 Å². The Kier molecular flexibility index (Phi) is 5.95. The lowest BCUT2D eigenvalue weighted by molar-refractivity contribution is -0.133. The number of amides is 2. The first-order valence-corrected chi connectivity index (χ1v) is 10.5. The van der Waals surface area contributed by atoms with Crippen LogP contribution >= 0.6 is 0 Å². The minimum Gasteiger partial charge on any atom is -0.345 e. The van der Waals surface area contributed by atoms with Gasteiger partial charge in [0.15, 0.2) is 0 Å². The fourth-order valence-corrected chi connectivity index (χ4v) is 4.53. The van der Waals surface area contributed by atoms with Crippen LogP contribution in [0.5, 0.6) is 0 Å². The summed E-state index contributed by atoms with van der Waals surface area (Å²) < 4.78 is 0. The molecule has 0 radical (unpaired) electrons. The van der Waals surface area contributed by atoms with Crippen LogP contribution in [0, 0.1) is 5.41 Å². The number of nitrogens with zero attached hydrogens (tertiary/aromatic N) is 1. The fraction of sp³-hybridized carbons (Fsp3) is 0.417. The molecule has 2 aromatic rings. The largest absolute Gasteiger partial charge is 0.345 e. The van der Waals surface area contributed by atoms with Crippen molar-refractivity contribution < 1.29 is 9.59 Å². The van der Waals surface area contributed by atoms with Crippen LogP contribution in [-0.2, 0) is 4.79 Å². The fourth-order valence-electron chi connectivity index (χ4n) is 4.53. The van der Waals surface area contributed by atoms with Crippen molar-refractivity contribution in [1.29, 1.82) is 0 Å². The Balaban J connectivity index is 1.43. The summed E-state index contributed by atoms with van der Waals surface area (Å²) in [6.07, 6.45) is 3.64. The van der Waals surface area contributed by atoms with E-state index < -0.39 is 0 Å². The maximum absolute atomic E-state index is 13.1. The molecule has 0 aromatic heterocycles. The topological polar surface area (TPSA) is 61.4 Å². The molecule has 29 heavy (non-hydrogen) atoms. The van der Waals surface area contributed by atoms with Crippen LogP contribution in [0.4, 0.5) is 0 Å². The molecule has 1 unspecified atom stereocenters. The van der Waals surface area contributed by atoms with Gasteiger partial charge in [0, 0.05) is 25.2 Å². The summed E-state index contributed by atoms with van der Waals surface area (Å²) in [5.41, 5.74) is 1.95. The van der Waals surface area contributed by atoms with Crippen LogP contribution < -0.4 is 10.6 Å². The molecule has 0 bridgehead atoms. The first kappa shape index (κ1) is 19.6. The van der Waals surface area contributed by atoms with Gasteiger partial charge in [0.25, 0.3) is 5.91 Å². The van der Waals surface area contributed by atoms with E-state index in [9.17, 15) is 9.59 Å². The predicted octanol–water partition coefficient (Wildman–Crippen LogP) is 3.15. The third-order valence-corrected chi connectivity index (χ3v) is 6.43. The summed E-state index contributed by atoms with van der Waals surface area (Å²) in [6.45, 7) is 3.80. The second kappa shape index (κ2) is 8.78. The highest BCUT2D eigenvalue weighted by atomic mass is 16.2. The molecule has 4 rings (SSSR count). The Morgan fingerprint density at radius 3 is 2.24 bits per heavy atom. The van der Waals surface area contributed by atoms with Gasteiger partial charge in [-0.15, -0.1) is 0 Å². The zero-order valence-electron chi connectivity index (χ0n) is 16.8. The lowest BCUT2D eigenvalue weighted by Crippen LogP contribution is -2.45.